The molecule has 0 spiro atoms. The Balaban J connectivity index is 1.17. The molecule has 5 nitrogen and oxygen atoms in total. The Morgan fingerprint density at radius 1 is 0.795 bits per heavy atom. The van der Waals surface area contributed by atoms with Crippen LogP contribution in [0.4, 0.5) is 0 Å². The average molecular weight is 521 g/mol. The lowest BCUT2D eigenvalue weighted by molar-refractivity contribution is -0.113. The molecule has 4 bridgehead atoms. The first kappa shape index (κ1) is 25.2. The lowest BCUT2D eigenvalue weighted by Gasteiger charge is -2.66. The van der Waals surface area contributed by atoms with E-state index >= 15 is 0 Å². The van der Waals surface area contributed by atoms with Crippen LogP contribution in [0.5, 0.6) is 11.5 Å². The molecular formula is C34H32O5. The van der Waals surface area contributed by atoms with Crippen LogP contribution in [0.25, 0.3) is 0 Å². The standard InChI is InChI=1S/C34H32O5/c1-33(2)27-16-22-15-23(17-27)20-34(33,19-22)26-9-13-29(14-10-26)39-28-11-4-21(5-12-28)3-6-24-7-8-25(31(35)36)18-30(24)32(37)38/h4-5,7-14,18,22-23,27H,15-17,19-20H2,1-2H3,(H,35,36)(H,37,38). The van der Waals surface area contributed by atoms with Gasteiger partial charge in [0.15, 0.2) is 0 Å². The van der Waals surface area contributed by atoms with Gasteiger partial charge in [0, 0.05) is 16.5 Å². The zero-order valence-corrected chi connectivity index (χ0v) is 22.2. The smallest absolute Gasteiger partial charge is 0.336 e. The minimum Gasteiger partial charge on any atom is -0.478 e. The van der Waals surface area contributed by atoms with Crippen LogP contribution in [0.3, 0.4) is 0 Å². The Labute approximate surface area is 228 Å². The molecule has 0 aliphatic heterocycles. The number of benzene rings is 3. The highest BCUT2D eigenvalue weighted by Crippen LogP contribution is 2.68. The highest BCUT2D eigenvalue weighted by Gasteiger charge is 2.61. The predicted octanol–water partition coefficient (Wildman–Crippen LogP) is 7.38. The summed E-state index contributed by atoms with van der Waals surface area (Å²) < 4.78 is 6.13. The largest absolute Gasteiger partial charge is 0.478 e. The highest BCUT2D eigenvalue weighted by atomic mass is 16.5. The van der Waals surface area contributed by atoms with Crippen LogP contribution in [0.1, 0.15) is 83.4 Å². The van der Waals surface area contributed by atoms with Crippen molar-refractivity contribution < 1.29 is 24.5 Å². The normalized spacial score (nSPS) is 25.9. The first-order valence-electron chi connectivity index (χ1n) is 13.7. The van der Waals surface area contributed by atoms with E-state index in [4.69, 9.17) is 9.84 Å². The number of hydrogen-bond acceptors (Lipinski definition) is 3. The number of rotatable bonds is 5. The molecule has 0 radical (unpaired) electrons. The maximum Gasteiger partial charge on any atom is 0.336 e. The third-order valence-corrected chi connectivity index (χ3v) is 9.77. The average Bonchev–Trinajstić information content (AvgIpc) is 2.91. The van der Waals surface area contributed by atoms with Crippen LogP contribution in [0, 0.1) is 35.0 Å². The fraction of sp³-hybridized carbons (Fsp3) is 0.353. The van der Waals surface area contributed by atoms with Gasteiger partial charge in [0.1, 0.15) is 11.5 Å². The minimum absolute atomic E-state index is 0.0888. The van der Waals surface area contributed by atoms with Gasteiger partial charge in [-0.2, -0.15) is 0 Å². The van der Waals surface area contributed by atoms with E-state index in [1.807, 2.05) is 24.3 Å². The summed E-state index contributed by atoms with van der Waals surface area (Å²) in [5.74, 6) is 7.50. The molecule has 0 aromatic heterocycles. The van der Waals surface area contributed by atoms with Crippen LogP contribution in [-0.2, 0) is 5.41 Å². The van der Waals surface area contributed by atoms with E-state index in [2.05, 4.69) is 50.0 Å². The summed E-state index contributed by atoms with van der Waals surface area (Å²) in [5.41, 5.74) is 2.78. The molecule has 3 aromatic rings. The second-order valence-corrected chi connectivity index (χ2v) is 12.1. The van der Waals surface area contributed by atoms with E-state index in [9.17, 15) is 14.7 Å². The first-order chi connectivity index (χ1) is 18.6. The number of aromatic carboxylic acids is 2. The molecule has 2 unspecified atom stereocenters. The Morgan fingerprint density at radius 2 is 1.41 bits per heavy atom. The molecule has 2 atom stereocenters. The summed E-state index contributed by atoms with van der Waals surface area (Å²) in [7, 11) is 0. The van der Waals surface area contributed by atoms with Crippen molar-refractivity contribution in [2.45, 2.75) is 51.4 Å². The van der Waals surface area contributed by atoms with Crippen LogP contribution >= 0.6 is 0 Å². The van der Waals surface area contributed by atoms with Gasteiger partial charge in [0.05, 0.1) is 11.1 Å². The number of hydrogen-bond donors (Lipinski definition) is 2. The van der Waals surface area contributed by atoms with Crippen molar-refractivity contribution in [2.75, 3.05) is 0 Å². The molecule has 198 valence electrons. The summed E-state index contributed by atoms with van der Waals surface area (Å²) in [6.45, 7) is 5.00. The van der Waals surface area contributed by atoms with E-state index < -0.39 is 11.9 Å². The van der Waals surface area contributed by atoms with Gasteiger partial charge in [-0.25, -0.2) is 9.59 Å². The molecule has 4 aliphatic carbocycles. The van der Waals surface area contributed by atoms with E-state index in [0.29, 0.717) is 16.7 Å². The number of carbonyl (C=O) groups is 2. The minimum atomic E-state index is -1.22. The summed E-state index contributed by atoms with van der Waals surface area (Å²) in [6.07, 6.45) is 6.86. The third-order valence-electron chi connectivity index (χ3n) is 9.77. The van der Waals surface area contributed by atoms with Crippen molar-refractivity contribution in [3.05, 3.63) is 94.5 Å². The Kier molecular flexibility index (Phi) is 6.03. The zero-order valence-electron chi connectivity index (χ0n) is 22.2. The van der Waals surface area contributed by atoms with Crippen molar-refractivity contribution in [1.29, 1.82) is 0 Å². The molecule has 0 saturated heterocycles. The van der Waals surface area contributed by atoms with Gasteiger partial charge in [-0.15, -0.1) is 0 Å². The highest BCUT2D eigenvalue weighted by molar-refractivity contribution is 5.95. The van der Waals surface area contributed by atoms with Crippen LogP contribution in [0.2, 0.25) is 0 Å². The summed E-state index contributed by atoms with van der Waals surface area (Å²) in [6, 6.07) is 20.0. The molecule has 39 heavy (non-hydrogen) atoms. The second-order valence-electron chi connectivity index (χ2n) is 12.1. The molecule has 0 heterocycles. The van der Waals surface area contributed by atoms with Gasteiger partial charge in [0.25, 0.3) is 0 Å². The SMILES string of the molecule is CC1(C)C2CC3CC(C2)CC1(c1ccc(Oc2ccc(C#Cc4ccc(C(=O)O)cc4C(=O)O)cc2)cc1)C3. The fourth-order valence-corrected chi connectivity index (χ4v) is 7.77. The van der Waals surface area contributed by atoms with Crippen molar-refractivity contribution >= 4 is 11.9 Å². The van der Waals surface area contributed by atoms with Gasteiger partial charge in [-0.3, -0.25) is 0 Å². The van der Waals surface area contributed by atoms with Crippen LogP contribution in [-0.4, -0.2) is 22.2 Å². The monoisotopic (exact) mass is 520 g/mol. The fourth-order valence-electron chi connectivity index (χ4n) is 7.77. The predicted molar refractivity (Wildman–Crippen MR) is 148 cm³/mol. The quantitative estimate of drug-likeness (QED) is 0.343. The molecule has 3 aromatic carbocycles. The molecule has 7 rings (SSSR count). The second kappa shape index (κ2) is 9.31. The van der Waals surface area contributed by atoms with E-state index in [1.165, 1.54) is 49.8 Å². The molecular weight excluding hydrogens is 488 g/mol. The number of ether oxygens (including phenoxy) is 1. The summed E-state index contributed by atoms with van der Waals surface area (Å²) >= 11 is 0. The van der Waals surface area contributed by atoms with E-state index in [0.717, 1.165) is 29.6 Å². The van der Waals surface area contributed by atoms with Gasteiger partial charge in [-0.05, 0) is 115 Å². The number of carboxylic acids is 2. The van der Waals surface area contributed by atoms with Crippen molar-refractivity contribution in [1.82, 2.24) is 0 Å². The van der Waals surface area contributed by atoms with Crippen molar-refractivity contribution in [3.63, 3.8) is 0 Å². The Morgan fingerprint density at radius 3 is 2.00 bits per heavy atom. The maximum absolute atomic E-state index is 11.6. The third kappa shape index (κ3) is 4.38. The Hall–Kier alpha value is -4.04. The van der Waals surface area contributed by atoms with E-state index in [1.54, 1.807) is 0 Å². The number of carboxylic acid groups (broad SMARTS) is 2. The van der Waals surface area contributed by atoms with Gasteiger partial charge in [-0.1, -0.05) is 37.8 Å². The molecule has 2 N–H and O–H groups in total. The molecule has 4 aliphatic rings. The summed E-state index contributed by atoms with van der Waals surface area (Å²) in [5, 5.41) is 18.6. The van der Waals surface area contributed by atoms with Crippen molar-refractivity contribution in [2.24, 2.45) is 23.2 Å². The topological polar surface area (TPSA) is 83.8 Å². The van der Waals surface area contributed by atoms with Gasteiger partial charge >= 0.3 is 11.9 Å². The van der Waals surface area contributed by atoms with Crippen LogP contribution < -0.4 is 4.74 Å². The zero-order chi connectivity index (χ0) is 27.4. The van der Waals surface area contributed by atoms with E-state index in [-0.39, 0.29) is 22.1 Å². The van der Waals surface area contributed by atoms with Gasteiger partial charge in [0.2, 0.25) is 0 Å². The van der Waals surface area contributed by atoms with Crippen molar-refractivity contribution in [3.8, 4) is 23.3 Å². The first-order valence-corrected chi connectivity index (χ1v) is 13.7. The molecule has 4 fully saturated rings. The van der Waals surface area contributed by atoms with Gasteiger partial charge < -0.3 is 14.9 Å². The maximum atomic E-state index is 11.6. The summed E-state index contributed by atoms with van der Waals surface area (Å²) in [4.78, 5) is 22.7. The Bertz CT molecular complexity index is 1490. The van der Waals surface area contributed by atoms with Crippen LogP contribution in [0.15, 0.2) is 66.7 Å². The molecule has 4 saturated carbocycles. The lowest BCUT2D eigenvalue weighted by atomic mass is 9.38. The lowest BCUT2D eigenvalue weighted by Crippen LogP contribution is -2.59. The molecule has 0 amide bonds. The molecule has 5 heteroatoms.